The van der Waals surface area contributed by atoms with Gasteiger partial charge in [0.2, 0.25) is 0 Å². The van der Waals surface area contributed by atoms with E-state index in [1.165, 1.54) is 18.2 Å². The molecule has 0 radical (unpaired) electrons. The largest absolute Gasteiger partial charge is 0.497 e. The number of nitrogens with one attached hydrogen (secondary N) is 2. The van der Waals surface area contributed by atoms with E-state index in [1.54, 1.807) is 7.11 Å². The van der Waals surface area contributed by atoms with Crippen molar-refractivity contribution in [1.82, 2.24) is 10.2 Å². The summed E-state index contributed by atoms with van der Waals surface area (Å²) in [4.78, 5) is 27.1. The first-order valence-corrected chi connectivity index (χ1v) is 10.1. The molecule has 0 bridgehead atoms. The van der Waals surface area contributed by atoms with E-state index < -0.39 is 11.8 Å². The summed E-state index contributed by atoms with van der Waals surface area (Å²) in [6.45, 7) is 2.83. The SMILES string of the molecule is COc1cccc([C@@H](CNC(=O)C(=O)Nc2cc(Cl)ccc2C#N)N2CCOCC2)c1. The number of hydrogen-bond acceptors (Lipinski definition) is 6. The van der Waals surface area contributed by atoms with Crippen LogP contribution in [0.4, 0.5) is 5.69 Å². The summed E-state index contributed by atoms with van der Waals surface area (Å²) >= 11 is 5.93. The van der Waals surface area contributed by atoms with E-state index in [0.717, 1.165) is 5.56 Å². The predicted molar refractivity (Wildman–Crippen MR) is 116 cm³/mol. The Morgan fingerprint density at radius 2 is 2.00 bits per heavy atom. The molecule has 2 aromatic rings. The molecule has 1 heterocycles. The number of rotatable bonds is 6. The number of ether oxygens (including phenoxy) is 2. The minimum absolute atomic E-state index is 0.156. The predicted octanol–water partition coefficient (Wildman–Crippen LogP) is 2.35. The van der Waals surface area contributed by atoms with E-state index in [9.17, 15) is 14.9 Å². The Kier molecular flexibility index (Phi) is 7.84. The van der Waals surface area contributed by atoms with Crippen LogP contribution >= 0.6 is 11.6 Å². The van der Waals surface area contributed by atoms with Crippen molar-refractivity contribution in [2.75, 3.05) is 45.3 Å². The van der Waals surface area contributed by atoms with Crippen LogP contribution in [0, 0.1) is 11.3 Å². The molecule has 162 valence electrons. The van der Waals surface area contributed by atoms with E-state index >= 15 is 0 Å². The molecule has 0 aromatic heterocycles. The van der Waals surface area contributed by atoms with Crippen molar-refractivity contribution in [3.8, 4) is 11.8 Å². The van der Waals surface area contributed by atoms with Gasteiger partial charge in [-0.05, 0) is 35.9 Å². The van der Waals surface area contributed by atoms with Gasteiger partial charge < -0.3 is 20.1 Å². The van der Waals surface area contributed by atoms with Crippen LogP contribution in [0.3, 0.4) is 0 Å². The average molecular weight is 443 g/mol. The number of methoxy groups -OCH3 is 1. The molecule has 2 N–H and O–H groups in total. The normalized spacial score (nSPS) is 14.9. The third-order valence-corrected chi connectivity index (χ3v) is 5.21. The van der Waals surface area contributed by atoms with E-state index in [1.807, 2.05) is 30.3 Å². The summed E-state index contributed by atoms with van der Waals surface area (Å²) < 4.78 is 10.8. The molecule has 31 heavy (non-hydrogen) atoms. The van der Waals surface area contributed by atoms with E-state index in [4.69, 9.17) is 21.1 Å². The second-order valence-electron chi connectivity index (χ2n) is 6.91. The number of hydrogen-bond donors (Lipinski definition) is 2. The van der Waals surface area contributed by atoms with Crippen molar-refractivity contribution < 1.29 is 19.1 Å². The summed E-state index contributed by atoms with van der Waals surface area (Å²) in [5.41, 5.74) is 1.37. The van der Waals surface area contributed by atoms with Gasteiger partial charge >= 0.3 is 11.8 Å². The summed E-state index contributed by atoms with van der Waals surface area (Å²) in [5, 5.41) is 14.7. The standard InChI is InChI=1S/C22H23ClN4O4/c1-30-18-4-2-3-15(11-18)20(27-7-9-31-10-8-27)14-25-21(28)22(29)26-19-12-17(23)6-5-16(19)13-24/h2-6,11-12,20H,7-10,14H2,1H3,(H,25,28)(H,26,29)/t20-/m1/s1. The second-order valence-corrected chi connectivity index (χ2v) is 7.34. The fraction of sp³-hybridized carbons (Fsp3) is 0.318. The van der Waals surface area contributed by atoms with Gasteiger partial charge in [0, 0.05) is 24.7 Å². The van der Waals surface area contributed by atoms with Gasteiger partial charge in [-0.25, -0.2) is 0 Å². The summed E-state index contributed by atoms with van der Waals surface area (Å²) in [7, 11) is 1.60. The molecular weight excluding hydrogens is 420 g/mol. The highest BCUT2D eigenvalue weighted by Crippen LogP contribution is 2.25. The van der Waals surface area contributed by atoms with E-state index in [-0.39, 0.29) is 23.8 Å². The molecule has 1 saturated heterocycles. The molecule has 0 saturated carbocycles. The van der Waals surface area contributed by atoms with Crippen LogP contribution in [-0.4, -0.2) is 56.7 Å². The van der Waals surface area contributed by atoms with Crippen LogP contribution < -0.4 is 15.4 Å². The highest BCUT2D eigenvalue weighted by Gasteiger charge is 2.25. The summed E-state index contributed by atoms with van der Waals surface area (Å²) in [6, 6.07) is 13.9. The maximum Gasteiger partial charge on any atom is 0.313 e. The minimum atomic E-state index is -0.870. The Morgan fingerprint density at radius 3 is 2.71 bits per heavy atom. The summed E-state index contributed by atoms with van der Waals surface area (Å²) in [6.07, 6.45) is 0. The lowest BCUT2D eigenvalue weighted by Crippen LogP contribution is -2.45. The van der Waals surface area contributed by atoms with Crippen LogP contribution in [0.25, 0.3) is 0 Å². The molecule has 8 nitrogen and oxygen atoms in total. The Hall–Kier alpha value is -3.12. The Labute approximate surface area is 185 Å². The van der Waals surface area contributed by atoms with Crippen LogP contribution in [0.15, 0.2) is 42.5 Å². The number of nitriles is 1. The first-order valence-electron chi connectivity index (χ1n) is 9.76. The number of anilines is 1. The van der Waals surface area contributed by atoms with Crippen molar-refractivity contribution in [3.63, 3.8) is 0 Å². The topological polar surface area (TPSA) is 104 Å². The van der Waals surface area contributed by atoms with Crippen molar-refractivity contribution in [2.45, 2.75) is 6.04 Å². The maximum absolute atomic E-state index is 12.5. The van der Waals surface area contributed by atoms with Gasteiger partial charge in [-0.15, -0.1) is 0 Å². The lowest BCUT2D eigenvalue weighted by atomic mass is 10.0. The molecule has 1 aliphatic rings. The lowest BCUT2D eigenvalue weighted by molar-refractivity contribution is -0.136. The van der Waals surface area contributed by atoms with Crippen molar-refractivity contribution >= 4 is 29.1 Å². The highest BCUT2D eigenvalue weighted by molar-refractivity contribution is 6.40. The Bertz CT molecular complexity index is 986. The molecule has 1 aliphatic heterocycles. The lowest BCUT2D eigenvalue weighted by Gasteiger charge is -2.35. The molecular formula is C22H23ClN4O4. The highest BCUT2D eigenvalue weighted by atomic mass is 35.5. The fourth-order valence-electron chi connectivity index (χ4n) is 3.36. The number of halogens is 1. The van der Waals surface area contributed by atoms with Gasteiger partial charge in [-0.2, -0.15) is 5.26 Å². The zero-order valence-corrected chi connectivity index (χ0v) is 17.8. The third-order valence-electron chi connectivity index (χ3n) is 4.98. The molecule has 2 aromatic carbocycles. The van der Waals surface area contributed by atoms with Crippen molar-refractivity contribution in [2.24, 2.45) is 0 Å². The van der Waals surface area contributed by atoms with Crippen molar-refractivity contribution in [1.29, 1.82) is 5.26 Å². The Balaban J connectivity index is 1.70. The quantitative estimate of drug-likeness (QED) is 0.665. The molecule has 0 spiro atoms. The van der Waals surface area contributed by atoms with E-state index in [0.29, 0.717) is 37.1 Å². The van der Waals surface area contributed by atoms with Gasteiger partial charge in [0.25, 0.3) is 0 Å². The fourth-order valence-corrected chi connectivity index (χ4v) is 3.53. The molecule has 0 aliphatic carbocycles. The smallest absolute Gasteiger partial charge is 0.313 e. The van der Waals surface area contributed by atoms with Gasteiger partial charge in [0.1, 0.15) is 11.8 Å². The molecule has 1 fully saturated rings. The number of carbonyl (C=O) groups is 2. The first-order chi connectivity index (χ1) is 15.0. The second kappa shape index (κ2) is 10.8. The van der Waals surface area contributed by atoms with Crippen LogP contribution in [0.1, 0.15) is 17.2 Å². The first kappa shape index (κ1) is 22.6. The van der Waals surface area contributed by atoms with Gasteiger partial charge in [-0.1, -0.05) is 23.7 Å². The number of carbonyl (C=O) groups excluding carboxylic acids is 2. The number of morpholine rings is 1. The van der Waals surface area contributed by atoms with Crippen LogP contribution in [-0.2, 0) is 14.3 Å². The Morgan fingerprint density at radius 1 is 1.23 bits per heavy atom. The monoisotopic (exact) mass is 442 g/mol. The minimum Gasteiger partial charge on any atom is -0.497 e. The van der Waals surface area contributed by atoms with E-state index in [2.05, 4.69) is 15.5 Å². The van der Waals surface area contributed by atoms with Crippen LogP contribution in [0.2, 0.25) is 5.02 Å². The zero-order chi connectivity index (χ0) is 22.2. The number of benzene rings is 2. The van der Waals surface area contributed by atoms with Gasteiger partial charge in [-0.3, -0.25) is 14.5 Å². The van der Waals surface area contributed by atoms with Gasteiger partial charge in [0.15, 0.2) is 0 Å². The molecule has 9 heteroatoms. The molecule has 2 amide bonds. The number of amides is 2. The molecule has 3 rings (SSSR count). The molecule has 1 atom stereocenters. The van der Waals surface area contributed by atoms with Crippen molar-refractivity contribution in [3.05, 3.63) is 58.6 Å². The third kappa shape index (κ3) is 5.95. The number of nitrogens with zero attached hydrogens (tertiary/aromatic N) is 2. The van der Waals surface area contributed by atoms with Crippen LogP contribution in [0.5, 0.6) is 5.75 Å². The maximum atomic E-state index is 12.5. The molecule has 0 unspecified atom stereocenters. The zero-order valence-electron chi connectivity index (χ0n) is 17.1. The van der Waals surface area contributed by atoms with Gasteiger partial charge in [0.05, 0.1) is 37.6 Å². The summed E-state index contributed by atoms with van der Waals surface area (Å²) in [5.74, 6) is -0.958. The average Bonchev–Trinajstić information content (AvgIpc) is 2.80.